The van der Waals surface area contributed by atoms with Gasteiger partial charge in [0.2, 0.25) is 5.41 Å². The topological polar surface area (TPSA) is 137 Å². The first kappa shape index (κ1) is 16.9. The van der Waals surface area contributed by atoms with Crippen molar-refractivity contribution in [2.45, 2.75) is 19.3 Å². The van der Waals surface area contributed by atoms with E-state index < -0.39 is 16.2 Å². The molecule has 3 heterocycles. The van der Waals surface area contributed by atoms with Crippen molar-refractivity contribution in [1.29, 1.82) is 5.26 Å². The van der Waals surface area contributed by atoms with E-state index >= 15 is 0 Å². The van der Waals surface area contributed by atoms with Crippen molar-refractivity contribution in [3.05, 3.63) is 62.9 Å². The average molecular weight is 366 g/mol. The largest absolute Gasteiger partial charge is 0.384 e. The van der Waals surface area contributed by atoms with Gasteiger partial charge >= 0.3 is 5.70 Å². The molecule has 27 heavy (non-hydrogen) atoms. The van der Waals surface area contributed by atoms with Gasteiger partial charge in [0.15, 0.2) is 5.82 Å². The summed E-state index contributed by atoms with van der Waals surface area (Å²) < 4.78 is 0. The Kier molecular flexibility index (Phi) is 3.28. The van der Waals surface area contributed by atoms with E-state index in [0.29, 0.717) is 24.3 Å². The van der Waals surface area contributed by atoms with Gasteiger partial charge in [-0.1, -0.05) is 32.0 Å². The van der Waals surface area contributed by atoms with E-state index in [0.717, 1.165) is 0 Å². The SMILES string of the molecule is CC1(C)CNC2=C([N+](=O)[O-])C3(C(=O)Nc4ccccc43)C(C#N)=C(N)N2C1. The second-order valence-electron chi connectivity index (χ2n) is 7.68. The number of carbonyl (C=O) groups excluding carboxylic acids is 1. The number of nitro groups is 1. The maximum atomic E-state index is 13.1. The van der Waals surface area contributed by atoms with Gasteiger partial charge in [0, 0.05) is 29.8 Å². The van der Waals surface area contributed by atoms with Crippen LogP contribution in [0.4, 0.5) is 5.69 Å². The number of nitrogens with zero attached hydrogens (tertiary/aromatic N) is 3. The van der Waals surface area contributed by atoms with Crippen LogP contribution in [0.5, 0.6) is 0 Å². The second-order valence-corrected chi connectivity index (χ2v) is 7.68. The maximum Gasteiger partial charge on any atom is 0.311 e. The van der Waals surface area contributed by atoms with Crippen LogP contribution in [0, 0.1) is 26.9 Å². The minimum Gasteiger partial charge on any atom is -0.384 e. The lowest BCUT2D eigenvalue weighted by Crippen LogP contribution is -2.58. The monoisotopic (exact) mass is 366 g/mol. The molecule has 4 N–H and O–H groups in total. The Balaban J connectivity index is 2.10. The molecule has 1 aromatic rings. The summed E-state index contributed by atoms with van der Waals surface area (Å²) in [6.45, 7) is 4.85. The summed E-state index contributed by atoms with van der Waals surface area (Å²) in [4.78, 5) is 26.2. The van der Waals surface area contributed by atoms with E-state index in [-0.39, 0.29) is 28.3 Å². The van der Waals surface area contributed by atoms with Gasteiger partial charge in [-0.3, -0.25) is 14.9 Å². The van der Waals surface area contributed by atoms with E-state index in [1.807, 2.05) is 19.9 Å². The van der Waals surface area contributed by atoms with E-state index in [1.165, 1.54) is 0 Å². The number of amides is 1. The van der Waals surface area contributed by atoms with Crippen LogP contribution in [0.15, 0.2) is 47.2 Å². The molecule has 1 saturated heterocycles. The molecule has 0 saturated carbocycles. The fourth-order valence-corrected chi connectivity index (χ4v) is 4.13. The molecule has 0 aliphatic carbocycles. The van der Waals surface area contributed by atoms with Crippen LogP contribution in [-0.4, -0.2) is 28.8 Å². The number of fused-ring (bicyclic) bond motifs is 3. The van der Waals surface area contributed by atoms with E-state index in [4.69, 9.17) is 5.73 Å². The Morgan fingerprint density at radius 1 is 1.37 bits per heavy atom. The Morgan fingerprint density at radius 3 is 2.74 bits per heavy atom. The number of benzene rings is 1. The fraction of sp³-hybridized carbons (Fsp3) is 0.333. The van der Waals surface area contributed by atoms with Gasteiger partial charge in [0.1, 0.15) is 17.5 Å². The zero-order valence-corrected chi connectivity index (χ0v) is 14.9. The molecule has 1 amide bonds. The molecular formula is C18H18N6O3. The minimum atomic E-state index is -1.88. The number of nitriles is 1. The Hall–Kier alpha value is -3.54. The highest BCUT2D eigenvalue weighted by atomic mass is 16.6. The highest BCUT2D eigenvalue weighted by molar-refractivity contribution is 6.11. The van der Waals surface area contributed by atoms with Crippen molar-refractivity contribution >= 4 is 11.6 Å². The van der Waals surface area contributed by atoms with Crippen LogP contribution in [0.25, 0.3) is 0 Å². The van der Waals surface area contributed by atoms with Crippen LogP contribution in [-0.2, 0) is 10.2 Å². The summed E-state index contributed by atoms with van der Waals surface area (Å²) in [6.07, 6.45) is 0. The summed E-state index contributed by atoms with van der Waals surface area (Å²) >= 11 is 0. The molecule has 1 fully saturated rings. The third kappa shape index (κ3) is 2.01. The quantitative estimate of drug-likeness (QED) is 0.497. The second kappa shape index (κ2) is 5.23. The average Bonchev–Trinajstić information content (AvgIpc) is 2.88. The van der Waals surface area contributed by atoms with Gasteiger partial charge in [0.25, 0.3) is 5.91 Å². The molecule has 0 radical (unpaired) electrons. The highest BCUT2D eigenvalue weighted by Gasteiger charge is 2.64. The van der Waals surface area contributed by atoms with E-state index in [2.05, 4.69) is 10.6 Å². The lowest BCUT2D eigenvalue weighted by Gasteiger charge is -2.45. The lowest BCUT2D eigenvalue weighted by molar-refractivity contribution is -0.435. The van der Waals surface area contributed by atoms with Crippen molar-refractivity contribution in [1.82, 2.24) is 10.2 Å². The summed E-state index contributed by atoms with van der Waals surface area (Å²) in [5.41, 5.74) is 4.51. The fourth-order valence-electron chi connectivity index (χ4n) is 4.13. The number of hydrogen-bond donors (Lipinski definition) is 3. The standard InChI is InChI=1S/C18H18N6O3/c1-17(2)8-21-15-13(24(26)27)18(11(7-19)14(20)23(15)9-17)10-5-3-4-6-12(10)22-16(18)25/h3-6,21H,8-9,20H2,1-2H3,(H,22,25). The third-order valence-electron chi connectivity index (χ3n) is 5.31. The number of nitrogens with one attached hydrogen (secondary N) is 2. The van der Waals surface area contributed by atoms with Crippen molar-refractivity contribution in [3.63, 3.8) is 0 Å². The number of carbonyl (C=O) groups is 1. The summed E-state index contributed by atoms with van der Waals surface area (Å²) in [7, 11) is 0. The molecule has 1 unspecified atom stereocenters. The molecule has 0 aromatic heterocycles. The normalized spacial score (nSPS) is 25.5. The molecule has 1 atom stereocenters. The molecule has 138 valence electrons. The van der Waals surface area contributed by atoms with Crippen LogP contribution in [0.2, 0.25) is 0 Å². The van der Waals surface area contributed by atoms with Crippen molar-refractivity contribution in [2.24, 2.45) is 11.1 Å². The summed E-state index contributed by atoms with van der Waals surface area (Å²) in [6, 6.07) is 8.65. The first-order valence-corrected chi connectivity index (χ1v) is 8.46. The molecule has 4 rings (SSSR count). The van der Waals surface area contributed by atoms with Crippen LogP contribution < -0.4 is 16.4 Å². The Bertz CT molecular complexity index is 1000. The van der Waals surface area contributed by atoms with E-state index in [1.54, 1.807) is 29.2 Å². The van der Waals surface area contributed by atoms with Gasteiger partial charge in [-0.05, 0) is 6.07 Å². The van der Waals surface area contributed by atoms with Crippen molar-refractivity contribution in [2.75, 3.05) is 18.4 Å². The number of anilines is 1. The van der Waals surface area contributed by atoms with Crippen LogP contribution >= 0.6 is 0 Å². The molecule has 1 aromatic carbocycles. The Morgan fingerprint density at radius 2 is 2.07 bits per heavy atom. The number of hydrogen-bond acceptors (Lipinski definition) is 7. The predicted octanol–water partition coefficient (Wildman–Crippen LogP) is 0.961. The zero-order valence-electron chi connectivity index (χ0n) is 14.9. The Labute approximate surface area is 155 Å². The third-order valence-corrected chi connectivity index (χ3v) is 5.31. The van der Waals surface area contributed by atoms with Crippen LogP contribution in [0.3, 0.4) is 0 Å². The van der Waals surface area contributed by atoms with Crippen LogP contribution in [0.1, 0.15) is 19.4 Å². The molecular weight excluding hydrogens is 348 g/mol. The van der Waals surface area contributed by atoms with Gasteiger partial charge in [0.05, 0.1) is 4.92 Å². The highest BCUT2D eigenvalue weighted by Crippen LogP contribution is 2.52. The number of nitrogens with two attached hydrogens (primary N) is 1. The van der Waals surface area contributed by atoms with Gasteiger partial charge in [-0.15, -0.1) is 0 Å². The number of para-hydroxylation sites is 1. The molecule has 9 heteroatoms. The first-order valence-electron chi connectivity index (χ1n) is 8.46. The molecule has 3 aliphatic heterocycles. The van der Waals surface area contributed by atoms with E-state index in [9.17, 15) is 20.2 Å². The molecule has 9 nitrogen and oxygen atoms in total. The smallest absolute Gasteiger partial charge is 0.311 e. The predicted molar refractivity (Wildman–Crippen MR) is 96.1 cm³/mol. The van der Waals surface area contributed by atoms with Gasteiger partial charge in [-0.2, -0.15) is 5.26 Å². The van der Waals surface area contributed by atoms with Crippen molar-refractivity contribution in [3.8, 4) is 6.07 Å². The molecule has 3 aliphatic rings. The number of rotatable bonds is 1. The molecule has 1 spiro atoms. The first-order chi connectivity index (χ1) is 12.7. The molecule has 0 bridgehead atoms. The van der Waals surface area contributed by atoms with Crippen molar-refractivity contribution < 1.29 is 9.72 Å². The van der Waals surface area contributed by atoms with Gasteiger partial charge in [-0.25, -0.2) is 0 Å². The lowest BCUT2D eigenvalue weighted by atomic mass is 9.70. The van der Waals surface area contributed by atoms with Gasteiger partial charge < -0.3 is 21.3 Å². The minimum absolute atomic E-state index is 0.0604. The summed E-state index contributed by atoms with van der Waals surface area (Å²) in [5, 5.41) is 27.8. The maximum absolute atomic E-state index is 13.1. The zero-order chi connectivity index (χ0) is 19.6. The summed E-state index contributed by atoms with van der Waals surface area (Å²) in [5.74, 6) is -0.415.